The van der Waals surface area contributed by atoms with Gasteiger partial charge in [0.2, 0.25) is 11.1 Å². The van der Waals surface area contributed by atoms with Crippen LogP contribution in [0.4, 0.5) is 22.0 Å². The molecule has 3 aromatic rings. The molecule has 0 bridgehead atoms. The highest BCUT2D eigenvalue weighted by atomic mass is 19.4. The zero-order valence-electron chi connectivity index (χ0n) is 16.4. The molecule has 0 aliphatic carbocycles. The van der Waals surface area contributed by atoms with Gasteiger partial charge in [0.25, 0.3) is 0 Å². The zero-order chi connectivity index (χ0) is 23.5. The van der Waals surface area contributed by atoms with Crippen molar-refractivity contribution in [3.05, 3.63) is 87.3 Å². The number of nitrogens with zero attached hydrogens (tertiary/aromatic N) is 2. The summed E-state index contributed by atoms with van der Waals surface area (Å²) in [5.41, 5.74) is -2.15. The number of carbonyl (C=O) groups is 1. The number of aryl methyl sites for hydroxylation is 1. The Bertz CT molecular complexity index is 1190. The van der Waals surface area contributed by atoms with Crippen molar-refractivity contribution in [1.29, 1.82) is 0 Å². The fraction of sp³-hybridized carbons (Fsp3) is 0.190. The highest BCUT2D eigenvalue weighted by Crippen LogP contribution is 2.30. The van der Waals surface area contributed by atoms with Gasteiger partial charge in [0.1, 0.15) is 12.4 Å². The molecule has 32 heavy (non-hydrogen) atoms. The van der Waals surface area contributed by atoms with Gasteiger partial charge in [-0.3, -0.25) is 4.79 Å². The SMILES string of the molecule is Cc1cc(=O)c(C(=O)OCc2ccccc2OC(F)F)nn1-c1cccc(C(F)(F)F)c1. The molecule has 0 radical (unpaired) electrons. The van der Waals surface area contributed by atoms with Crippen molar-refractivity contribution >= 4 is 5.97 Å². The molecule has 3 rings (SSSR count). The van der Waals surface area contributed by atoms with E-state index in [1.807, 2.05) is 0 Å². The molecule has 0 N–H and O–H groups in total. The van der Waals surface area contributed by atoms with Crippen molar-refractivity contribution in [3.63, 3.8) is 0 Å². The van der Waals surface area contributed by atoms with Crippen LogP contribution in [-0.2, 0) is 17.5 Å². The maximum Gasteiger partial charge on any atom is 0.416 e. The summed E-state index contributed by atoms with van der Waals surface area (Å²) in [6.45, 7) is -2.16. The molecule has 0 atom stereocenters. The fourth-order valence-electron chi connectivity index (χ4n) is 2.81. The second-order valence-electron chi connectivity index (χ2n) is 6.52. The predicted molar refractivity (Wildman–Crippen MR) is 102 cm³/mol. The number of rotatable bonds is 6. The standard InChI is InChI=1S/C21H15F5N2O4/c1-12-9-16(29)18(27-28(12)15-7-4-6-14(10-15)21(24,25)26)19(30)31-11-13-5-2-3-8-17(13)32-20(22)23/h2-10,20H,11H2,1H3. The van der Waals surface area contributed by atoms with Gasteiger partial charge in [-0.25, -0.2) is 9.48 Å². The van der Waals surface area contributed by atoms with E-state index < -0.39 is 42.1 Å². The third-order valence-electron chi connectivity index (χ3n) is 4.27. The molecule has 0 spiro atoms. The van der Waals surface area contributed by atoms with Gasteiger partial charge in [-0.05, 0) is 31.2 Å². The second-order valence-corrected chi connectivity index (χ2v) is 6.52. The van der Waals surface area contributed by atoms with Crippen LogP contribution in [0, 0.1) is 6.92 Å². The van der Waals surface area contributed by atoms with Gasteiger partial charge in [-0.1, -0.05) is 24.3 Å². The highest BCUT2D eigenvalue weighted by Gasteiger charge is 2.30. The number of aromatic nitrogens is 2. The first-order valence-corrected chi connectivity index (χ1v) is 9.04. The number of para-hydroxylation sites is 1. The van der Waals surface area contributed by atoms with E-state index in [9.17, 15) is 31.5 Å². The summed E-state index contributed by atoms with van der Waals surface area (Å²) in [5, 5.41) is 3.86. The minimum absolute atomic E-state index is 0.0259. The normalized spacial score (nSPS) is 11.5. The predicted octanol–water partition coefficient (Wildman–Crippen LogP) is 4.52. The monoisotopic (exact) mass is 454 g/mol. The molecule has 1 heterocycles. The molecule has 0 aliphatic rings. The summed E-state index contributed by atoms with van der Waals surface area (Å²) >= 11 is 0. The van der Waals surface area contributed by atoms with Gasteiger partial charge >= 0.3 is 18.8 Å². The average molecular weight is 454 g/mol. The van der Waals surface area contributed by atoms with Crippen molar-refractivity contribution in [2.24, 2.45) is 0 Å². The molecule has 0 aliphatic heterocycles. The van der Waals surface area contributed by atoms with Crippen molar-refractivity contribution in [1.82, 2.24) is 9.78 Å². The maximum atomic E-state index is 13.0. The Morgan fingerprint density at radius 1 is 1.09 bits per heavy atom. The van der Waals surface area contributed by atoms with E-state index in [0.717, 1.165) is 28.9 Å². The van der Waals surface area contributed by atoms with Crippen molar-refractivity contribution < 1.29 is 36.2 Å². The number of carbonyl (C=O) groups excluding carboxylic acids is 1. The third-order valence-corrected chi connectivity index (χ3v) is 4.27. The van der Waals surface area contributed by atoms with Crippen LogP contribution in [0.3, 0.4) is 0 Å². The van der Waals surface area contributed by atoms with E-state index >= 15 is 0 Å². The number of hydrogen-bond acceptors (Lipinski definition) is 5. The van der Waals surface area contributed by atoms with E-state index in [1.54, 1.807) is 0 Å². The number of alkyl halides is 5. The van der Waals surface area contributed by atoms with Crippen molar-refractivity contribution in [2.75, 3.05) is 0 Å². The van der Waals surface area contributed by atoms with Crippen LogP contribution in [0.1, 0.15) is 27.3 Å². The van der Waals surface area contributed by atoms with E-state index in [2.05, 4.69) is 9.84 Å². The van der Waals surface area contributed by atoms with Crippen molar-refractivity contribution in [3.8, 4) is 11.4 Å². The number of halogens is 5. The quantitative estimate of drug-likeness (QED) is 0.405. The van der Waals surface area contributed by atoms with Gasteiger partial charge in [0.05, 0.1) is 11.3 Å². The molecular formula is C21H15F5N2O4. The molecular weight excluding hydrogens is 439 g/mol. The Morgan fingerprint density at radius 3 is 2.50 bits per heavy atom. The number of benzene rings is 2. The van der Waals surface area contributed by atoms with Crippen LogP contribution >= 0.6 is 0 Å². The largest absolute Gasteiger partial charge is 0.456 e. The maximum absolute atomic E-state index is 13.0. The summed E-state index contributed by atoms with van der Waals surface area (Å²) in [6, 6.07) is 10.8. The molecule has 0 unspecified atom stereocenters. The molecule has 6 nitrogen and oxygen atoms in total. The summed E-state index contributed by atoms with van der Waals surface area (Å²) in [7, 11) is 0. The highest BCUT2D eigenvalue weighted by molar-refractivity contribution is 5.87. The lowest BCUT2D eigenvalue weighted by Gasteiger charge is -2.14. The zero-order valence-corrected chi connectivity index (χ0v) is 16.4. The van der Waals surface area contributed by atoms with Crippen LogP contribution in [0.2, 0.25) is 0 Å². The Labute approximate surface area is 177 Å². The van der Waals surface area contributed by atoms with Crippen molar-refractivity contribution in [2.45, 2.75) is 26.3 Å². The van der Waals surface area contributed by atoms with Gasteiger partial charge < -0.3 is 9.47 Å². The average Bonchev–Trinajstić information content (AvgIpc) is 2.72. The van der Waals surface area contributed by atoms with Gasteiger partial charge in [-0.15, -0.1) is 0 Å². The molecule has 1 aromatic heterocycles. The molecule has 0 fully saturated rings. The second kappa shape index (κ2) is 9.16. The van der Waals surface area contributed by atoms with Crippen LogP contribution in [0.5, 0.6) is 5.75 Å². The lowest BCUT2D eigenvalue weighted by molar-refractivity contribution is -0.137. The molecule has 0 amide bonds. The van der Waals surface area contributed by atoms with Crippen LogP contribution in [-0.4, -0.2) is 22.4 Å². The Balaban J connectivity index is 1.89. The summed E-state index contributed by atoms with van der Waals surface area (Å²) in [4.78, 5) is 24.7. The molecule has 2 aromatic carbocycles. The van der Waals surface area contributed by atoms with Crippen LogP contribution in [0.15, 0.2) is 59.4 Å². The lowest BCUT2D eigenvalue weighted by atomic mass is 10.2. The number of esters is 1. The van der Waals surface area contributed by atoms with Crippen LogP contribution < -0.4 is 10.2 Å². The Morgan fingerprint density at radius 2 is 1.81 bits per heavy atom. The molecule has 168 valence electrons. The minimum Gasteiger partial charge on any atom is -0.456 e. The minimum atomic E-state index is -4.60. The van der Waals surface area contributed by atoms with E-state index in [0.29, 0.717) is 0 Å². The van der Waals surface area contributed by atoms with E-state index in [4.69, 9.17) is 4.74 Å². The van der Waals surface area contributed by atoms with Crippen LogP contribution in [0.25, 0.3) is 5.69 Å². The summed E-state index contributed by atoms with van der Waals surface area (Å²) in [5.74, 6) is -1.39. The smallest absolute Gasteiger partial charge is 0.416 e. The Kier molecular flexibility index (Phi) is 6.56. The van der Waals surface area contributed by atoms with Gasteiger partial charge in [-0.2, -0.15) is 27.1 Å². The molecule has 11 heteroatoms. The first-order chi connectivity index (χ1) is 15.1. The van der Waals surface area contributed by atoms with Gasteiger partial charge in [0, 0.05) is 17.3 Å². The topological polar surface area (TPSA) is 70.4 Å². The van der Waals surface area contributed by atoms with E-state index in [1.165, 1.54) is 37.3 Å². The lowest BCUT2D eigenvalue weighted by Crippen LogP contribution is -2.24. The van der Waals surface area contributed by atoms with E-state index in [-0.39, 0.29) is 22.7 Å². The number of hydrogen-bond donors (Lipinski definition) is 0. The number of ether oxygens (including phenoxy) is 2. The summed E-state index contributed by atoms with van der Waals surface area (Å²) < 4.78 is 74.4. The first-order valence-electron chi connectivity index (χ1n) is 9.04. The Hall–Kier alpha value is -3.76. The first kappa shape index (κ1) is 22.9. The van der Waals surface area contributed by atoms with Gasteiger partial charge in [0.15, 0.2) is 0 Å². The molecule has 0 saturated heterocycles. The third kappa shape index (κ3) is 5.29. The fourth-order valence-corrected chi connectivity index (χ4v) is 2.81. The molecule has 0 saturated carbocycles. The summed E-state index contributed by atoms with van der Waals surface area (Å²) in [6.07, 6.45) is -4.60.